The van der Waals surface area contributed by atoms with Crippen molar-refractivity contribution < 1.29 is 24.0 Å². The number of non-ortho nitro benzene ring substituents is 1. The minimum Gasteiger partial charge on any atom is -0.465 e. The van der Waals surface area contributed by atoms with Crippen LogP contribution in [0.4, 0.5) is 11.4 Å². The zero-order valence-corrected chi connectivity index (χ0v) is 13.6. The van der Waals surface area contributed by atoms with Gasteiger partial charge < -0.3 is 14.8 Å². The first-order valence-corrected chi connectivity index (χ1v) is 7.24. The van der Waals surface area contributed by atoms with E-state index >= 15 is 0 Å². The number of nitrogens with zero attached hydrogens (tertiary/aromatic N) is 1. The van der Waals surface area contributed by atoms with Crippen molar-refractivity contribution in [2.75, 3.05) is 19.5 Å². The number of rotatable bonds is 6. The maximum atomic E-state index is 11.8. The highest BCUT2D eigenvalue weighted by Gasteiger charge is 2.17. The molecular formula is C17H16N2O6. The molecule has 130 valence electrons. The Balaban J connectivity index is 2.18. The summed E-state index contributed by atoms with van der Waals surface area (Å²) in [6, 6.07) is 10.6. The number of ether oxygens (including phenoxy) is 2. The third kappa shape index (κ3) is 4.31. The number of hydrogen-bond donors (Lipinski definition) is 1. The van der Waals surface area contributed by atoms with Crippen molar-refractivity contribution >= 4 is 23.3 Å². The first-order chi connectivity index (χ1) is 12.0. The predicted octanol–water partition coefficient (Wildman–Crippen LogP) is 2.78. The molecule has 8 nitrogen and oxygen atoms in total. The molecule has 0 saturated heterocycles. The molecule has 0 fully saturated rings. The summed E-state index contributed by atoms with van der Waals surface area (Å²) in [7, 11) is 2.51. The van der Waals surface area contributed by atoms with E-state index in [2.05, 4.69) is 14.8 Å². The molecule has 8 heteroatoms. The van der Waals surface area contributed by atoms with E-state index in [4.69, 9.17) is 0 Å². The number of nitrogens with one attached hydrogen (secondary N) is 1. The van der Waals surface area contributed by atoms with E-state index in [9.17, 15) is 19.7 Å². The molecule has 0 aliphatic heterocycles. The lowest BCUT2D eigenvalue weighted by Gasteiger charge is -2.11. The van der Waals surface area contributed by atoms with Gasteiger partial charge in [0, 0.05) is 24.4 Å². The number of carbonyl (C=O) groups is 2. The zero-order valence-electron chi connectivity index (χ0n) is 13.6. The van der Waals surface area contributed by atoms with Crippen molar-refractivity contribution in [3.8, 4) is 0 Å². The summed E-state index contributed by atoms with van der Waals surface area (Å²) in [6.07, 6.45) is 0. The molecule has 0 saturated carbocycles. The molecule has 0 aliphatic carbocycles. The third-order valence-electron chi connectivity index (χ3n) is 3.48. The van der Waals surface area contributed by atoms with E-state index in [0.29, 0.717) is 17.8 Å². The molecule has 2 rings (SSSR count). The summed E-state index contributed by atoms with van der Waals surface area (Å²) in [4.78, 5) is 33.5. The molecule has 0 bridgehead atoms. The Labute approximate surface area is 143 Å². The van der Waals surface area contributed by atoms with Crippen LogP contribution in [0.2, 0.25) is 0 Å². The molecule has 1 N–H and O–H groups in total. The van der Waals surface area contributed by atoms with Gasteiger partial charge in [-0.15, -0.1) is 0 Å². The summed E-state index contributed by atoms with van der Waals surface area (Å²) in [5.74, 6) is -1.10. The van der Waals surface area contributed by atoms with Crippen molar-refractivity contribution in [3.63, 3.8) is 0 Å². The molecule has 0 aromatic heterocycles. The Hall–Kier alpha value is -3.42. The van der Waals surface area contributed by atoms with Gasteiger partial charge in [-0.25, -0.2) is 9.59 Å². The average Bonchev–Trinajstić information content (AvgIpc) is 2.65. The number of nitro groups is 1. The maximum Gasteiger partial charge on any atom is 0.340 e. The minimum absolute atomic E-state index is 0.0721. The summed E-state index contributed by atoms with van der Waals surface area (Å²) in [5, 5.41) is 13.9. The summed E-state index contributed by atoms with van der Waals surface area (Å²) in [6.45, 7) is 0.350. The van der Waals surface area contributed by atoms with Gasteiger partial charge in [0.05, 0.1) is 30.3 Å². The predicted molar refractivity (Wildman–Crippen MR) is 89.5 cm³/mol. The van der Waals surface area contributed by atoms with Crippen molar-refractivity contribution in [2.45, 2.75) is 6.54 Å². The summed E-state index contributed by atoms with van der Waals surface area (Å²) < 4.78 is 9.29. The third-order valence-corrected chi connectivity index (χ3v) is 3.48. The molecule has 0 radical (unpaired) electrons. The van der Waals surface area contributed by atoms with Crippen LogP contribution in [0.25, 0.3) is 0 Å². The topological polar surface area (TPSA) is 108 Å². The van der Waals surface area contributed by atoms with Crippen LogP contribution in [0.1, 0.15) is 26.3 Å². The number of esters is 2. The number of hydrogen-bond acceptors (Lipinski definition) is 7. The molecular weight excluding hydrogens is 328 g/mol. The van der Waals surface area contributed by atoms with Crippen LogP contribution in [-0.2, 0) is 16.0 Å². The van der Waals surface area contributed by atoms with E-state index in [0.717, 1.165) is 11.6 Å². The molecule has 0 amide bonds. The van der Waals surface area contributed by atoms with Crippen LogP contribution >= 0.6 is 0 Å². The standard InChI is InChI=1S/C17H16N2O6/c1-24-16(20)12-5-3-11(4-6-12)10-18-15-8-7-13(19(22)23)9-14(15)17(21)25-2/h3-9,18H,10H2,1-2H3. The quantitative estimate of drug-likeness (QED) is 0.487. The van der Waals surface area contributed by atoms with Gasteiger partial charge in [0.25, 0.3) is 5.69 Å². The van der Waals surface area contributed by atoms with E-state index in [1.807, 2.05) is 0 Å². The van der Waals surface area contributed by atoms with Crippen LogP contribution < -0.4 is 5.32 Å². The van der Waals surface area contributed by atoms with Gasteiger partial charge in [-0.05, 0) is 23.8 Å². The summed E-state index contributed by atoms with van der Waals surface area (Å²) >= 11 is 0. The lowest BCUT2D eigenvalue weighted by atomic mass is 10.1. The number of methoxy groups -OCH3 is 2. The average molecular weight is 344 g/mol. The molecule has 0 atom stereocenters. The molecule has 0 aliphatic rings. The summed E-state index contributed by atoms with van der Waals surface area (Å²) in [5.41, 5.74) is 1.56. The molecule has 0 spiro atoms. The Morgan fingerprint density at radius 2 is 1.68 bits per heavy atom. The Morgan fingerprint density at radius 3 is 2.24 bits per heavy atom. The van der Waals surface area contributed by atoms with Gasteiger partial charge in [0.15, 0.2) is 0 Å². The zero-order chi connectivity index (χ0) is 18.4. The van der Waals surface area contributed by atoms with Crippen LogP contribution in [0, 0.1) is 10.1 Å². The first kappa shape index (κ1) is 17.9. The monoisotopic (exact) mass is 344 g/mol. The lowest BCUT2D eigenvalue weighted by Crippen LogP contribution is -2.09. The van der Waals surface area contributed by atoms with Gasteiger partial charge >= 0.3 is 11.9 Å². The smallest absolute Gasteiger partial charge is 0.340 e. The van der Waals surface area contributed by atoms with E-state index < -0.39 is 16.9 Å². The van der Waals surface area contributed by atoms with Gasteiger partial charge in [-0.1, -0.05) is 12.1 Å². The lowest BCUT2D eigenvalue weighted by molar-refractivity contribution is -0.384. The highest BCUT2D eigenvalue weighted by molar-refractivity contribution is 5.96. The molecule has 0 unspecified atom stereocenters. The maximum absolute atomic E-state index is 11.8. The normalized spacial score (nSPS) is 10.0. The highest BCUT2D eigenvalue weighted by Crippen LogP contribution is 2.23. The van der Waals surface area contributed by atoms with E-state index in [1.165, 1.54) is 26.4 Å². The molecule has 0 heterocycles. The van der Waals surface area contributed by atoms with Gasteiger partial charge in [-0.2, -0.15) is 0 Å². The number of nitro benzene ring substituents is 1. The van der Waals surface area contributed by atoms with Crippen LogP contribution in [0.15, 0.2) is 42.5 Å². The Bertz CT molecular complexity index is 801. The SMILES string of the molecule is COC(=O)c1ccc(CNc2ccc([N+](=O)[O-])cc2C(=O)OC)cc1. The van der Waals surface area contributed by atoms with Crippen molar-refractivity contribution in [3.05, 3.63) is 69.3 Å². The second-order valence-electron chi connectivity index (χ2n) is 5.02. The van der Waals surface area contributed by atoms with Gasteiger partial charge in [0.2, 0.25) is 0 Å². The van der Waals surface area contributed by atoms with Gasteiger partial charge in [-0.3, -0.25) is 10.1 Å². The minimum atomic E-state index is -0.674. The van der Waals surface area contributed by atoms with Crippen molar-refractivity contribution in [1.29, 1.82) is 0 Å². The number of benzene rings is 2. The van der Waals surface area contributed by atoms with Gasteiger partial charge in [0.1, 0.15) is 0 Å². The fourth-order valence-electron chi connectivity index (χ4n) is 2.15. The van der Waals surface area contributed by atoms with Crippen LogP contribution in [0.5, 0.6) is 0 Å². The van der Waals surface area contributed by atoms with Crippen molar-refractivity contribution in [2.24, 2.45) is 0 Å². The largest absolute Gasteiger partial charge is 0.465 e. The Kier molecular flexibility index (Phi) is 5.67. The first-order valence-electron chi connectivity index (χ1n) is 7.24. The van der Waals surface area contributed by atoms with E-state index in [1.54, 1.807) is 24.3 Å². The number of carbonyl (C=O) groups excluding carboxylic acids is 2. The molecule has 25 heavy (non-hydrogen) atoms. The Morgan fingerprint density at radius 1 is 1.04 bits per heavy atom. The second kappa shape index (κ2) is 7.91. The molecule has 2 aromatic carbocycles. The fraction of sp³-hybridized carbons (Fsp3) is 0.176. The van der Waals surface area contributed by atoms with Crippen molar-refractivity contribution in [1.82, 2.24) is 0 Å². The fourth-order valence-corrected chi connectivity index (χ4v) is 2.15. The highest BCUT2D eigenvalue weighted by atomic mass is 16.6. The number of anilines is 1. The van der Waals surface area contributed by atoms with Crippen LogP contribution in [0.3, 0.4) is 0 Å². The second-order valence-corrected chi connectivity index (χ2v) is 5.02. The van der Waals surface area contributed by atoms with Crippen LogP contribution in [-0.4, -0.2) is 31.1 Å². The van der Waals surface area contributed by atoms with E-state index in [-0.39, 0.29) is 11.3 Å². The molecule has 2 aromatic rings.